The summed E-state index contributed by atoms with van der Waals surface area (Å²) < 4.78 is 0. The van der Waals surface area contributed by atoms with Gasteiger partial charge >= 0.3 is 0 Å². The molecule has 16 heavy (non-hydrogen) atoms. The molecule has 3 N–H and O–H groups in total. The normalized spacial score (nSPS) is 24.1. The van der Waals surface area contributed by atoms with Gasteiger partial charge in [0.05, 0.1) is 12.6 Å². The lowest BCUT2D eigenvalue weighted by Gasteiger charge is -2.15. The molecule has 0 aliphatic carbocycles. The predicted octanol–water partition coefficient (Wildman–Crippen LogP) is -0.373. The van der Waals surface area contributed by atoms with Gasteiger partial charge in [-0.1, -0.05) is 13.8 Å². The number of hydrogen-bond acceptors (Lipinski definition) is 3. The molecule has 1 aliphatic heterocycles. The van der Waals surface area contributed by atoms with Gasteiger partial charge in [-0.15, -0.1) is 0 Å². The number of hydrogen-bond donors (Lipinski definition) is 3. The van der Waals surface area contributed by atoms with Crippen molar-refractivity contribution in [2.45, 2.75) is 32.7 Å². The van der Waals surface area contributed by atoms with Crippen LogP contribution < -0.4 is 16.0 Å². The van der Waals surface area contributed by atoms with Crippen LogP contribution in [0, 0.1) is 5.92 Å². The van der Waals surface area contributed by atoms with E-state index in [-0.39, 0.29) is 24.4 Å². The van der Waals surface area contributed by atoms with Crippen molar-refractivity contribution in [2.24, 2.45) is 5.92 Å². The summed E-state index contributed by atoms with van der Waals surface area (Å²) in [5.41, 5.74) is 0. The van der Waals surface area contributed by atoms with Crippen molar-refractivity contribution in [3.8, 4) is 0 Å². The lowest BCUT2D eigenvalue weighted by atomic mass is 10.0. The van der Waals surface area contributed by atoms with E-state index in [1.54, 1.807) is 0 Å². The predicted molar refractivity (Wildman–Crippen MR) is 61.9 cm³/mol. The van der Waals surface area contributed by atoms with Gasteiger partial charge in [0.1, 0.15) is 0 Å². The van der Waals surface area contributed by atoms with Gasteiger partial charge in [-0.25, -0.2) is 0 Å². The van der Waals surface area contributed by atoms with Crippen molar-refractivity contribution in [1.82, 2.24) is 16.0 Å². The maximum Gasteiger partial charge on any atom is 0.239 e. The monoisotopic (exact) mass is 227 g/mol. The van der Waals surface area contributed by atoms with Gasteiger partial charge in [-0.3, -0.25) is 9.59 Å². The van der Waals surface area contributed by atoms with Gasteiger partial charge in [-0.2, -0.15) is 0 Å². The number of nitrogens with one attached hydrogen (secondary N) is 3. The topological polar surface area (TPSA) is 70.2 Å². The second kappa shape index (κ2) is 6.48. The van der Waals surface area contributed by atoms with E-state index in [4.69, 9.17) is 0 Å². The Morgan fingerprint density at radius 1 is 1.38 bits per heavy atom. The fourth-order valence-electron chi connectivity index (χ4n) is 1.79. The summed E-state index contributed by atoms with van der Waals surface area (Å²) >= 11 is 0. The molecule has 1 saturated heterocycles. The Balaban J connectivity index is 2.21. The summed E-state index contributed by atoms with van der Waals surface area (Å²) in [6.07, 6.45) is 1.92. The molecule has 0 radical (unpaired) electrons. The Morgan fingerprint density at radius 2 is 2.12 bits per heavy atom. The molecule has 5 heteroatoms. The van der Waals surface area contributed by atoms with Gasteiger partial charge < -0.3 is 16.0 Å². The minimum atomic E-state index is -0.140. The third-order valence-corrected chi connectivity index (χ3v) is 2.81. The Morgan fingerprint density at radius 3 is 2.69 bits per heavy atom. The molecule has 2 unspecified atom stereocenters. The highest BCUT2D eigenvalue weighted by molar-refractivity contribution is 5.87. The largest absolute Gasteiger partial charge is 0.355 e. The Hall–Kier alpha value is -1.10. The third kappa shape index (κ3) is 3.81. The first-order valence-electron chi connectivity index (χ1n) is 5.93. The molecule has 0 aromatic heterocycles. The molecule has 1 aliphatic rings. The smallest absolute Gasteiger partial charge is 0.239 e. The van der Waals surface area contributed by atoms with Crippen LogP contribution >= 0.6 is 0 Å². The molecule has 0 aromatic rings. The average molecular weight is 227 g/mol. The molecule has 0 bridgehead atoms. The minimum Gasteiger partial charge on any atom is -0.355 e. The van der Waals surface area contributed by atoms with E-state index in [2.05, 4.69) is 16.0 Å². The molecule has 0 aromatic carbocycles. The van der Waals surface area contributed by atoms with Crippen LogP contribution in [-0.2, 0) is 9.59 Å². The Kier molecular flexibility index (Phi) is 5.25. The maximum atomic E-state index is 11.7. The summed E-state index contributed by atoms with van der Waals surface area (Å²) in [7, 11) is 0. The van der Waals surface area contributed by atoms with Crippen LogP contribution in [0.5, 0.6) is 0 Å². The van der Waals surface area contributed by atoms with Crippen molar-refractivity contribution in [1.29, 1.82) is 0 Å². The lowest BCUT2D eigenvalue weighted by Crippen LogP contribution is -2.46. The van der Waals surface area contributed by atoms with E-state index >= 15 is 0 Å². The number of rotatable bonds is 5. The standard InChI is InChI=1S/C11H21N3O2/c1-3-5-12-9(15)7-14-11(16)10-8(2)4-6-13-10/h8,10,13H,3-7H2,1-2H3,(H,12,15)(H,14,16). The Bertz CT molecular complexity index is 256. The summed E-state index contributed by atoms with van der Waals surface area (Å²) in [5.74, 6) is 0.149. The van der Waals surface area contributed by atoms with Gasteiger partial charge in [0.25, 0.3) is 0 Å². The molecule has 2 amide bonds. The van der Waals surface area contributed by atoms with Crippen molar-refractivity contribution < 1.29 is 9.59 Å². The quantitative estimate of drug-likeness (QED) is 0.600. The zero-order chi connectivity index (χ0) is 12.0. The molecule has 0 saturated carbocycles. The van der Waals surface area contributed by atoms with Crippen LogP contribution in [0.1, 0.15) is 26.7 Å². The molecule has 1 heterocycles. The van der Waals surface area contributed by atoms with E-state index < -0.39 is 0 Å². The van der Waals surface area contributed by atoms with E-state index in [0.717, 1.165) is 19.4 Å². The zero-order valence-corrected chi connectivity index (χ0v) is 10.0. The third-order valence-electron chi connectivity index (χ3n) is 2.81. The van der Waals surface area contributed by atoms with Crippen LogP contribution in [0.3, 0.4) is 0 Å². The van der Waals surface area contributed by atoms with Crippen LogP contribution in [0.4, 0.5) is 0 Å². The number of carbonyl (C=O) groups excluding carboxylic acids is 2. The van der Waals surface area contributed by atoms with Crippen molar-refractivity contribution in [3.05, 3.63) is 0 Å². The van der Waals surface area contributed by atoms with E-state index in [0.29, 0.717) is 12.5 Å². The summed E-state index contributed by atoms with van der Waals surface area (Å²) in [6, 6.07) is -0.140. The number of amides is 2. The Labute approximate surface area is 96.4 Å². The van der Waals surface area contributed by atoms with E-state index in [1.165, 1.54) is 0 Å². The van der Waals surface area contributed by atoms with Gasteiger partial charge in [0.15, 0.2) is 0 Å². The summed E-state index contributed by atoms with van der Waals surface area (Å²) in [6.45, 7) is 5.64. The van der Waals surface area contributed by atoms with Gasteiger partial charge in [-0.05, 0) is 25.3 Å². The minimum absolute atomic E-state index is 0.0725. The molecular weight excluding hydrogens is 206 g/mol. The maximum absolute atomic E-state index is 11.7. The summed E-state index contributed by atoms with van der Waals surface area (Å²) in [5, 5.41) is 8.49. The van der Waals surface area contributed by atoms with E-state index in [9.17, 15) is 9.59 Å². The first kappa shape index (κ1) is 13.0. The molecule has 5 nitrogen and oxygen atoms in total. The fourth-order valence-corrected chi connectivity index (χ4v) is 1.79. The first-order valence-corrected chi connectivity index (χ1v) is 5.93. The van der Waals surface area contributed by atoms with E-state index in [1.807, 2.05) is 13.8 Å². The van der Waals surface area contributed by atoms with Crippen molar-refractivity contribution >= 4 is 11.8 Å². The van der Waals surface area contributed by atoms with Gasteiger partial charge in [0.2, 0.25) is 11.8 Å². The molecule has 1 rings (SSSR count). The second-order valence-electron chi connectivity index (χ2n) is 4.27. The highest BCUT2D eigenvalue weighted by atomic mass is 16.2. The fraction of sp³-hybridized carbons (Fsp3) is 0.818. The lowest BCUT2D eigenvalue weighted by molar-refractivity contribution is -0.127. The van der Waals surface area contributed by atoms with Crippen LogP contribution in [-0.4, -0.2) is 37.5 Å². The highest BCUT2D eigenvalue weighted by Crippen LogP contribution is 2.13. The molecule has 0 spiro atoms. The molecular formula is C11H21N3O2. The molecule has 92 valence electrons. The van der Waals surface area contributed by atoms with Gasteiger partial charge in [0, 0.05) is 6.54 Å². The van der Waals surface area contributed by atoms with Crippen molar-refractivity contribution in [3.63, 3.8) is 0 Å². The summed E-state index contributed by atoms with van der Waals surface area (Å²) in [4.78, 5) is 22.9. The highest BCUT2D eigenvalue weighted by Gasteiger charge is 2.29. The number of carbonyl (C=O) groups is 2. The zero-order valence-electron chi connectivity index (χ0n) is 10.0. The first-order chi connectivity index (χ1) is 7.65. The second-order valence-corrected chi connectivity index (χ2v) is 4.27. The molecule has 2 atom stereocenters. The average Bonchev–Trinajstić information content (AvgIpc) is 2.69. The SMILES string of the molecule is CCCNC(=O)CNC(=O)C1NCCC1C. The van der Waals surface area contributed by atoms with Crippen LogP contribution in [0.2, 0.25) is 0 Å². The van der Waals surface area contributed by atoms with Crippen LogP contribution in [0.15, 0.2) is 0 Å². The van der Waals surface area contributed by atoms with Crippen molar-refractivity contribution in [2.75, 3.05) is 19.6 Å². The molecule has 1 fully saturated rings. The van der Waals surface area contributed by atoms with Crippen LogP contribution in [0.25, 0.3) is 0 Å².